The van der Waals surface area contributed by atoms with Crippen LogP contribution in [0.2, 0.25) is 0 Å². The van der Waals surface area contributed by atoms with Crippen molar-refractivity contribution in [3.63, 3.8) is 0 Å². The van der Waals surface area contributed by atoms with Crippen molar-refractivity contribution in [2.24, 2.45) is 0 Å². The van der Waals surface area contributed by atoms with E-state index in [4.69, 9.17) is 18.6 Å². The van der Waals surface area contributed by atoms with E-state index in [0.717, 1.165) is 19.3 Å². The van der Waals surface area contributed by atoms with Crippen LogP contribution in [0.25, 0.3) is 11.0 Å². The Morgan fingerprint density at radius 3 is 2.48 bits per heavy atom. The molecule has 1 aromatic carbocycles. The molecule has 1 aromatic heterocycles. The fraction of sp³-hybridized carbons (Fsp3) is 0.407. The Morgan fingerprint density at radius 1 is 1.00 bits per heavy atom. The zero-order chi connectivity index (χ0) is 24.2. The van der Waals surface area contributed by atoms with Crippen LogP contribution in [0.15, 0.2) is 62.9 Å². The molecule has 2 aromatic rings. The Labute approximate surface area is 195 Å². The van der Waals surface area contributed by atoms with Crippen LogP contribution in [0.3, 0.4) is 0 Å². The van der Waals surface area contributed by atoms with E-state index < -0.39 is 11.6 Å². The van der Waals surface area contributed by atoms with E-state index in [1.807, 2.05) is 18.2 Å². The maximum absolute atomic E-state index is 12.7. The Kier molecular flexibility index (Phi) is 10.5. The number of carbonyl (C=O) groups excluding carboxylic acids is 1. The molecule has 0 aliphatic carbocycles. The Hall–Kier alpha value is -3.28. The van der Waals surface area contributed by atoms with Crippen molar-refractivity contribution in [3.05, 3.63) is 64.1 Å². The molecule has 0 radical (unpaired) electrons. The minimum atomic E-state index is -0.638. The Balaban J connectivity index is 2.31. The van der Waals surface area contributed by atoms with Crippen molar-refractivity contribution in [2.45, 2.75) is 60.3 Å². The van der Waals surface area contributed by atoms with Crippen LogP contribution in [0.1, 0.15) is 60.3 Å². The summed E-state index contributed by atoms with van der Waals surface area (Å²) in [6.07, 6.45) is 11.8. The first kappa shape index (κ1) is 26.0. The molecule has 0 amide bonds. The topological polar surface area (TPSA) is 75.0 Å². The van der Waals surface area contributed by atoms with Crippen molar-refractivity contribution in [3.8, 4) is 17.2 Å². The van der Waals surface area contributed by atoms with Gasteiger partial charge in [0.2, 0.25) is 5.75 Å². The fourth-order valence-corrected chi connectivity index (χ4v) is 3.10. The molecule has 0 bridgehead atoms. The molecule has 0 N–H and O–H groups in total. The molecule has 0 saturated heterocycles. The van der Waals surface area contributed by atoms with Gasteiger partial charge in [0.15, 0.2) is 5.75 Å². The number of esters is 1. The molecule has 0 aliphatic rings. The third-order valence-electron chi connectivity index (χ3n) is 4.74. The predicted molar refractivity (Wildman–Crippen MR) is 131 cm³/mol. The van der Waals surface area contributed by atoms with E-state index in [2.05, 4.69) is 33.8 Å². The molecule has 2 rings (SSSR count). The highest BCUT2D eigenvalue weighted by molar-refractivity contribution is 5.87. The van der Waals surface area contributed by atoms with Crippen LogP contribution < -0.4 is 19.8 Å². The summed E-state index contributed by atoms with van der Waals surface area (Å²) in [7, 11) is 0. The zero-order valence-corrected chi connectivity index (χ0v) is 20.2. The zero-order valence-electron chi connectivity index (χ0n) is 20.2. The van der Waals surface area contributed by atoms with E-state index in [9.17, 15) is 9.59 Å². The lowest BCUT2D eigenvalue weighted by molar-refractivity contribution is -0.131. The summed E-state index contributed by atoms with van der Waals surface area (Å²) in [6.45, 7) is 10.2. The molecule has 1 heterocycles. The van der Waals surface area contributed by atoms with Gasteiger partial charge in [-0.15, -0.1) is 0 Å². The maximum Gasteiger partial charge on any atom is 0.383 e. The van der Waals surface area contributed by atoms with Crippen molar-refractivity contribution in [2.75, 3.05) is 13.2 Å². The molecule has 0 aliphatic heterocycles. The molecular weight excluding hydrogens is 420 g/mol. The second-order valence-corrected chi connectivity index (χ2v) is 8.00. The number of hydrogen-bond donors (Lipinski definition) is 0. The molecule has 178 valence electrons. The van der Waals surface area contributed by atoms with Gasteiger partial charge in [-0.25, -0.2) is 4.79 Å². The summed E-state index contributed by atoms with van der Waals surface area (Å²) < 4.78 is 22.3. The maximum atomic E-state index is 12.7. The van der Waals surface area contributed by atoms with Gasteiger partial charge in [-0.2, -0.15) is 0 Å². The summed E-state index contributed by atoms with van der Waals surface area (Å²) in [5.74, 6) is 0.200. The second kappa shape index (κ2) is 13.3. The van der Waals surface area contributed by atoms with Crippen molar-refractivity contribution in [1.82, 2.24) is 0 Å². The Morgan fingerprint density at radius 2 is 1.79 bits per heavy atom. The monoisotopic (exact) mass is 454 g/mol. The molecule has 0 unspecified atom stereocenters. The number of ether oxygens (including phenoxy) is 3. The van der Waals surface area contributed by atoms with E-state index >= 15 is 0 Å². The highest BCUT2D eigenvalue weighted by Crippen LogP contribution is 2.35. The van der Waals surface area contributed by atoms with Crippen molar-refractivity contribution >= 4 is 16.9 Å². The van der Waals surface area contributed by atoms with Gasteiger partial charge in [-0.05, 0) is 64.7 Å². The molecule has 0 saturated carbocycles. The van der Waals surface area contributed by atoms with Gasteiger partial charge in [0, 0.05) is 13.0 Å². The number of hydrogen-bond acceptors (Lipinski definition) is 6. The molecular formula is C27H34O6. The summed E-state index contributed by atoms with van der Waals surface area (Å²) >= 11 is 0. The molecule has 6 heteroatoms. The number of allylic oxidation sites excluding steroid dienone is 4. The SMILES string of the molecule is CCC=CCCOc1c(OC/C=C(\C)CCC=C(C)C)c2ccc(OC(C)=O)cc2oc1=O. The van der Waals surface area contributed by atoms with Crippen LogP contribution in [-0.4, -0.2) is 19.2 Å². The molecule has 33 heavy (non-hydrogen) atoms. The standard InChI is InChI=1S/C27H34O6/c1-6-7-8-9-16-30-26-25(31-17-15-20(4)12-10-11-19(2)3)23-14-13-22(32-21(5)28)18-24(23)33-27(26)29/h7-8,11,13-15,18H,6,9-10,12,16-17H2,1-5H3/b8-7?,20-15+. The van der Waals surface area contributed by atoms with E-state index in [1.54, 1.807) is 12.1 Å². The van der Waals surface area contributed by atoms with Crippen LogP contribution >= 0.6 is 0 Å². The average Bonchev–Trinajstić information content (AvgIpc) is 2.74. The van der Waals surface area contributed by atoms with Gasteiger partial charge < -0.3 is 18.6 Å². The number of carbonyl (C=O) groups is 1. The van der Waals surface area contributed by atoms with Gasteiger partial charge in [0.05, 0.1) is 12.0 Å². The van der Waals surface area contributed by atoms with Crippen molar-refractivity contribution in [1.29, 1.82) is 0 Å². The third-order valence-corrected chi connectivity index (χ3v) is 4.74. The highest BCUT2D eigenvalue weighted by atomic mass is 16.5. The molecule has 0 atom stereocenters. The first-order valence-electron chi connectivity index (χ1n) is 11.3. The lowest BCUT2D eigenvalue weighted by Gasteiger charge is -2.13. The van der Waals surface area contributed by atoms with E-state index in [-0.39, 0.29) is 23.7 Å². The molecule has 6 nitrogen and oxygen atoms in total. The minimum absolute atomic E-state index is 0.0447. The Bertz CT molecular complexity index is 1080. The lowest BCUT2D eigenvalue weighted by Crippen LogP contribution is -2.11. The van der Waals surface area contributed by atoms with Gasteiger partial charge >= 0.3 is 11.6 Å². The van der Waals surface area contributed by atoms with Crippen LogP contribution in [-0.2, 0) is 4.79 Å². The minimum Gasteiger partial charge on any atom is -0.485 e. The summed E-state index contributed by atoms with van der Waals surface area (Å²) in [5, 5.41) is 0.570. The van der Waals surface area contributed by atoms with E-state index in [0.29, 0.717) is 24.2 Å². The van der Waals surface area contributed by atoms with Gasteiger partial charge in [-0.3, -0.25) is 4.79 Å². The third kappa shape index (κ3) is 8.64. The largest absolute Gasteiger partial charge is 0.485 e. The number of fused-ring (bicyclic) bond motifs is 1. The summed E-state index contributed by atoms with van der Waals surface area (Å²) in [5.41, 5.74) is 2.12. The predicted octanol–water partition coefficient (Wildman–Crippen LogP) is 6.52. The lowest BCUT2D eigenvalue weighted by atomic mass is 10.1. The van der Waals surface area contributed by atoms with Gasteiger partial charge in [0.1, 0.15) is 17.9 Å². The smallest absolute Gasteiger partial charge is 0.383 e. The molecule has 0 fully saturated rings. The van der Waals surface area contributed by atoms with Crippen LogP contribution in [0.5, 0.6) is 17.2 Å². The quantitative estimate of drug-likeness (QED) is 0.119. The van der Waals surface area contributed by atoms with E-state index in [1.165, 1.54) is 24.1 Å². The summed E-state index contributed by atoms with van der Waals surface area (Å²) in [4.78, 5) is 24.0. The number of benzene rings is 1. The highest BCUT2D eigenvalue weighted by Gasteiger charge is 2.18. The van der Waals surface area contributed by atoms with Gasteiger partial charge in [0.25, 0.3) is 0 Å². The normalized spacial score (nSPS) is 11.6. The van der Waals surface area contributed by atoms with Crippen LogP contribution in [0.4, 0.5) is 0 Å². The number of rotatable bonds is 12. The average molecular weight is 455 g/mol. The second-order valence-electron chi connectivity index (χ2n) is 8.00. The first-order valence-corrected chi connectivity index (χ1v) is 11.3. The fourth-order valence-electron chi connectivity index (χ4n) is 3.10. The molecule has 0 spiro atoms. The van der Waals surface area contributed by atoms with Crippen LogP contribution in [0, 0.1) is 0 Å². The van der Waals surface area contributed by atoms with Gasteiger partial charge in [-0.1, -0.05) is 36.3 Å². The summed E-state index contributed by atoms with van der Waals surface area (Å²) in [6, 6.07) is 4.82. The first-order chi connectivity index (χ1) is 15.8. The van der Waals surface area contributed by atoms with Crippen molar-refractivity contribution < 1.29 is 23.4 Å².